The van der Waals surface area contributed by atoms with Crippen molar-refractivity contribution in [1.29, 1.82) is 0 Å². The molecule has 2 aromatic rings. The Morgan fingerprint density at radius 1 is 1.30 bits per heavy atom. The van der Waals surface area contributed by atoms with Gasteiger partial charge in [-0.2, -0.15) is 0 Å². The van der Waals surface area contributed by atoms with E-state index in [0.717, 1.165) is 12.4 Å². The molecule has 0 N–H and O–H groups in total. The standard InChI is InChI=1S/C15H20N4O/c1-12-18(16-17-19(12)11-15(2,3)4)10-14(20)13-8-6-5-7-9-13/h5-10H,11H2,1-4H3/b14-10-. The maximum atomic E-state index is 12.1. The van der Waals surface area contributed by atoms with Gasteiger partial charge in [0.05, 0.1) is 6.54 Å². The normalized spacial score (nSPS) is 12.7. The summed E-state index contributed by atoms with van der Waals surface area (Å²) in [7, 11) is 0. The van der Waals surface area contributed by atoms with Gasteiger partial charge in [-0.15, -0.1) is 4.68 Å². The van der Waals surface area contributed by atoms with Crippen LogP contribution in [0, 0.1) is 12.3 Å². The van der Waals surface area contributed by atoms with E-state index in [-0.39, 0.29) is 11.2 Å². The number of hydrogen-bond donors (Lipinski definition) is 0. The Bertz CT molecular complexity index is 609. The topological polar surface area (TPSA) is 57.6 Å². The zero-order valence-corrected chi connectivity index (χ0v) is 12.4. The molecule has 0 aliphatic rings. The lowest BCUT2D eigenvalue weighted by molar-refractivity contribution is -0.769. The Hall–Kier alpha value is -2.17. The summed E-state index contributed by atoms with van der Waals surface area (Å²) < 4.78 is 3.34. The van der Waals surface area contributed by atoms with Gasteiger partial charge in [0.2, 0.25) is 0 Å². The minimum Gasteiger partial charge on any atom is -0.870 e. The largest absolute Gasteiger partial charge is 0.870 e. The van der Waals surface area contributed by atoms with Crippen LogP contribution in [-0.4, -0.2) is 15.1 Å². The molecule has 0 saturated heterocycles. The van der Waals surface area contributed by atoms with Gasteiger partial charge in [0.15, 0.2) is 5.21 Å². The van der Waals surface area contributed by atoms with Crippen molar-refractivity contribution in [3.05, 3.63) is 41.7 Å². The summed E-state index contributed by atoms with van der Waals surface area (Å²) in [6, 6.07) is 9.14. The average molecular weight is 272 g/mol. The van der Waals surface area contributed by atoms with Crippen LogP contribution in [0.15, 0.2) is 30.3 Å². The predicted octanol–water partition coefficient (Wildman–Crippen LogP) is 1.24. The molecule has 5 nitrogen and oxygen atoms in total. The van der Waals surface area contributed by atoms with Crippen LogP contribution >= 0.6 is 0 Å². The van der Waals surface area contributed by atoms with E-state index in [1.807, 2.05) is 29.8 Å². The fraction of sp³-hybridized carbons (Fsp3) is 0.400. The molecule has 106 valence electrons. The van der Waals surface area contributed by atoms with Crippen molar-refractivity contribution in [3.63, 3.8) is 0 Å². The van der Waals surface area contributed by atoms with Crippen LogP contribution in [0.5, 0.6) is 0 Å². The maximum absolute atomic E-state index is 12.1. The molecular weight excluding hydrogens is 252 g/mol. The molecule has 0 aliphatic carbocycles. The van der Waals surface area contributed by atoms with Crippen LogP contribution in [0.2, 0.25) is 0 Å². The van der Waals surface area contributed by atoms with E-state index in [1.165, 1.54) is 10.9 Å². The molecule has 0 amide bonds. The van der Waals surface area contributed by atoms with Crippen molar-refractivity contribution in [2.24, 2.45) is 5.41 Å². The molecule has 1 aromatic heterocycles. The highest BCUT2D eigenvalue weighted by molar-refractivity contribution is 5.67. The first kappa shape index (κ1) is 14.2. The van der Waals surface area contributed by atoms with Crippen molar-refractivity contribution in [2.75, 3.05) is 0 Å². The number of tetrazole rings is 1. The smallest absolute Gasteiger partial charge is 0.259 e. The molecule has 0 atom stereocenters. The molecule has 0 saturated carbocycles. The zero-order valence-electron chi connectivity index (χ0n) is 12.4. The number of nitrogens with zero attached hydrogens (tertiary/aromatic N) is 4. The summed E-state index contributed by atoms with van der Waals surface area (Å²) in [5, 5.41) is 20.2. The second-order valence-corrected chi connectivity index (χ2v) is 6.05. The lowest BCUT2D eigenvalue weighted by Gasteiger charge is -2.14. The highest BCUT2D eigenvalue weighted by Crippen LogP contribution is 2.13. The number of rotatable bonds is 3. The summed E-state index contributed by atoms with van der Waals surface area (Å²) in [6.45, 7) is 9.07. The third-order valence-electron chi connectivity index (χ3n) is 2.87. The summed E-state index contributed by atoms with van der Waals surface area (Å²) in [5.74, 6) is 0.755. The summed E-state index contributed by atoms with van der Waals surface area (Å²) >= 11 is 0. The SMILES string of the molecule is Cc1n(/C=C(\[O-])c2ccccc2)nn[n+]1CC(C)(C)C. The van der Waals surface area contributed by atoms with Crippen molar-refractivity contribution >= 4 is 12.0 Å². The van der Waals surface area contributed by atoms with E-state index in [0.29, 0.717) is 5.56 Å². The van der Waals surface area contributed by atoms with E-state index in [9.17, 15) is 5.11 Å². The second-order valence-electron chi connectivity index (χ2n) is 6.05. The van der Waals surface area contributed by atoms with Crippen molar-refractivity contribution in [2.45, 2.75) is 34.2 Å². The van der Waals surface area contributed by atoms with Gasteiger partial charge in [-0.3, -0.25) is 0 Å². The summed E-state index contributed by atoms with van der Waals surface area (Å²) in [5.41, 5.74) is 0.754. The van der Waals surface area contributed by atoms with E-state index >= 15 is 0 Å². The lowest BCUT2D eigenvalue weighted by atomic mass is 9.97. The Balaban J connectivity index is 2.27. The van der Waals surface area contributed by atoms with Crippen LogP contribution in [0.3, 0.4) is 0 Å². The van der Waals surface area contributed by atoms with Crippen molar-refractivity contribution < 1.29 is 9.79 Å². The van der Waals surface area contributed by atoms with Crippen molar-refractivity contribution in [3.8, 4) is 0 Å². The molecule has 0 bridgehead atoms. The first-order valence-electron chi connectivity index (χ1n) is 6.63. The van der Waals surface area contributed by atoms with E-state index in [2.05, 4.69) is 31.2 Å². The molecule has 20 heavy (non-hydrogen) atoms. The van der Waals surface area contributed by atoms with Crippen molar-refractivity contribution in [1.82, 2.24) is 15.1 Å². The molecule has 0 spiro atoms. The fourth-order valence-corrected chi connectivity index (χ4v) is 1.84. The quantitative estimate of drug-likeness (QED) is 0.624. The molecule has 1 aromatic carbocycles. The van der Waals surface area contributed by atoms with Crippen LogP contribution in [0.4, 0.5) is 0 Å². The van der Waals surface area contributed by atoms with Gasteiger partial charge < -0.3 is 5.11 Å². The lowest BCUT2D eigenvalue weighted by Crippen LogP contribution is -2.44. The van der Waals surface area contributed by atoms with Gasteiger partial charge in [-0.05, 0) is 11.0 Å². The van der Waals surface area contributed by atoms with Gasteiger partial charge in [0.25, 0.3) is 5.82 Å². The molecule has 0 unspecified atom stereocenters. The maximum Gasteiger partial charge on any atom is 0.259 e. The number of benzene rings is 1. The minimum atomic E-state index is -0.0819. The summed E-state index contributed by atoms with van der Waals surface area (Å²) in [6.07, 6.45) is 1.47. The zero-order chi connectivity index (χ0) is 14.8. The van der Waals surface area contributed by atoms with Crippen LogP contribution in [0.1, 0.15) is 32.2 Å². The molecule has 5 heteroatoms. The van der Waals surface area contributed by atoms with E-state index in [4.69, 9.17) is 0 Å². The van der Waals surface area contributed by atoms with Gasteiger partial charge in [0.1, 0.15) is 11.4 Å². The van der Waals surface area contributed by atoms with Crippen LogP contribution < -0.4 is 9.79 Å². The highest BCUT2D eigenvalue weighted by Gasteiger charge is 2.20. The van der Waals surface area contributed by atoms with E-state index < -0.39 is 0 Å². The Kier molecular flexibility index (Phi) is 3.88. The third kappa shape index (κ3) is 3.44. The third-order valence-corrected chi connectivity index (χ3v) is 2.87. The van der Waals surface area contributed by atoms with Crippen LogP contribution in [-0.2, 0) is 6.54 Å². The Morgan fingerprint density at radius 3 is 2.55 bits per heavy atom. The average Bonchev–Trinajstić information content (AvgIpc) is 2.71. The number of aromatic nitrogens is 4. The van der Waals surface area contributed by atoms with Gasteiger partial charge in [-0.1, -0.05) is 61.5 Å². The predicted molar refractivity (Wildman–Crippen MR) is 75.0 cm³/mol. The van der Waals surface area contributed by atoms with E-state index in [1.54, 1.807) is 12.1 Å². The molecule has 0 fully saturated rings. The first-order chi connectivity index (χ1) is 9.37. The molecular formula is C15H20N4O. The Labute approximate surface area is 119 Å². The molecule has 0 radical (unpaired) electrons. The number of hydrogen-bond acceptors (Lipinski definition) is 3. The monoisotopic (exact) mass is 272 g/mol. The van der Waals surface area contributed by atoms with Crippen LogP contribution in [0.25, 0.3) is 12.0 Å². The molecule has 2 rings (SSSR count). The first-order valence-corrected chi connectivity index (χ1v) is 6.63. The molecule has 0 aliphatic heterocycles. The van der Waals surface area contributed by atoms with Gasteiger partial charge in [0, 0.05) is 6.92 Å². The minimum absolute atomic E-state index is 0.0819. The Morgan fingerprint density at radius 2 is 1.95 bits per heavy atom. The molecule has 1 heterocycles. The second kappa shape index (κ2) is 5.45. The van der Waals surface area contributed by atoms with Gasteiger partial charge in [-0.25, -0.2) is 0 Å². The fourth-order valence-electron chi connectivity index (χ4n) is 1.84. The highest BCUT2D eigenvalue weighted by atomic mass is 16.3. The van der Waals surface area contributed by atoms with Gasteiger partial charge >= 0.3 is 0 Å². The summed E-state index contributed by atoms with van der Waals surface area (Å²) in [4.78, 5) is 0.